The number of carbonyl (C=O) groups excluding carboxylic acids is 1. The van der Waals surface area contributed by atoms with E-state index >= 15 is 0 Å². The van der Waals surface area contributed by atoms with E-state index in [-0.39, 0.29) is 11.7 Å². The molecule has 136 valence electrons. The van der Waals surface area contributed by atoms with Gasteiger partial charge >= 0.3 is 0 Å². The fourth-order valence-corrected chi connectivity index (χ4v) is 2.75. The van der Waals surface area contributed by atoms with Gasteiger partial charge in [0.15, 0.2) is 0 Å². The zero-order valence-electron chi connectivity index (χ0n) is 14.3. The van der Waals surface area contributed by atoms with Crippen LogP contribution in [0.4, 0.5) is 20.2 Å². The Bertz CT molecular complexity index is 916. The lowest BCUT2D eigenvalue weighted by molar-refractivity contribution is 0.0996. The molecule has 0 fully saturated rings. The van der Waals surface area contributed by atoms with Gasteiger partial charge in [-0.3, -0.25) is 14.4 Å². The summed E-state index contributed by atoms with van der Waals surface area (Å²) >= 11 is 0. The maximum absolute atomic E-state index is 13.2. The average Bonchev–Trinajstić information content (AvgIpc) is 3.16. The Labute approximate surface area is 148 Å². The number of amides is 1. The summed E-state index contributed by atoms with van der Waals surface area (Å²) in [6, 6.07) is 7.68. The topological polar surface area (TPSA) is 63.3 Å². The molecule has 0 atom stereocenters. The van der Waals surface area contributed by atoms with Crippen LogP contribution in [0.3, 0.4) is 0 Å². The maximum Gasteiger partial charge on any atom is 0.264 e. The summed E-state index contributed by atoms with van der Waals surface area (Å²) in [4.78, 5) is 14.6. The number of aromatic nitrogens is 3. The minimum Gasteiger partial charge on any atom is -0.508 e. The van der Waals surface area contributed by atoms with E-state index in [1.807, 2.05) is 0 Å². The highest BCUT2D eigenvalue weighted by atomic mass is 19.3. The van der Waals surface area contributed by atoms with Gasteiger partial charge in [-0.25, -0.2) is 8.78 Å². The molecule has 0 spiro atoms. The lowest BCUT2D eigenvalue weighted by Crippen LogP contribution is -2.26. The van der Waals surface area contributed by atoms with Crippen molar-refractivity contribution in [3.05, 3.63) is 60.2 Å². The molecule has 2 heterocycles. The van der Waals surface area contributed by atoms with Crippen LogP contribution in [0.2, 0.25) is 0 Å². The van der Waals surface area contributed by atoms with Crippen molar-refractivity contribution in [2.45, 2.75) is 19.9 Å². The molecule has 0 radical (unpaired) electrons. The van der Waals surface area contributed by atoms with E-state index in [9.17, 15) is 18.7 Å². The van der Waals surface area contributed by atoms with E-state index in [1.165, 1.54) is 40.1 Å². The van der Waals surface area contributed by atoms with Crippen molar-refractivity contribution >= 4 is 17.3 Å². The molecule has 26 heavy (non-hydrogen) atoms. The highest BCUT2D eigenvalue weighted by molar-refractivity contribution is 6.11. The summed E-state index contributed by atoms with van der Waals surface area (Å²) in [7, 11) is 1.73. The molecule has 3 aromatic rings. The largest absolute Gasteiger partial charge is 0.508 e. The molecule has 1 aromatic carbocycles. The zero-order chi connectivity index (χ0) is 18.8. The molecule has 0 bridgehead atoms. The number of benzene rings is 1. The minimum atomic E-state index is -2.50. The van der Waals surface area contributed by atoms with Gasteiger partial charge in [-0.1, -0.05) is 0 Å². The van der Waals surface area contributed by atoms with Gasteiger partial charge in [0, 0.05) is 30.8 Å². The van der Waals surface area contributed by atoms with Crippen molar-refractivity contribution < 1.29 is 18.7 Å². The number of carbonyl (C=O) groups is 1. The van der Waals surface area contributed by atoms with Gasteiger partial charge in [-0.15, -0.1) is 0 Å². The van der Waals surface area contributed by atoms with E-state index in [1.54, 1.807) is 37.0 Å². The van der Waals surface area contributed by atoms with Crippen LogP contribution < -0.4 is 4.90 Å². The monoisotopic (exact) mass is 360 g/mol. The first-order valence-electron chi connectivity index (χ1n) is 7.93. The van der Waals surface area contributed by atoms with Crippen molar-refractivity contribution in [2.24, 2.45) is 7.05 Å². The lowest BCUT2D eigenvalue weighted by Gasteiger charge is -2.21. The van der Waals surface area contributed by atoms with Crippen LogP contribution in [-0.4, -0.2) is 31.8 Å². The third kappa shape index (κ3) is 3.44. The van der Waals surface area contributed by atoms with E-state index in [2.05, 4.69) is 5.10 Å². The Morgan fingerprint density at radius 2 is 1.92 bits per heavy atom. The van der Waals surface area contributed by atoms with Gasteiger partial charge in [0.05, 0.1) is 24.0 Å². The molecule has 8 heteroatoms. The van der Waals surface area contributed by atoms with Gasteiger partial charge in [0.25, 0.3) is 12.3 Å². The third-order valence-electron chi connectivity index (χ3n) is 4.07. The third-order valence-corrected chi connectivity index (χ3v) is 4.07. The molecule has 1 amide bonds. The van der Waals surface area contributed by atoms with Crippen molar-refractivity contribution in [3.8, 4) is 5.75 Å². The van der Waals surface area contributed by atoms with E-state index in [4.69, 9.17) is 0 Å². The van der Waals surface area contributed by atoms with Gasteiger partial charge in [-0.2, -0.15) is 5.10 Å². The molecule has 0 unspecified atom stereocenters. The predicted molar refractivity (Wildman–Crippen MR) is 93.0 cm³/mol. The van der Waals surface area contributed by atoms with Crippen molar-refractivity contribution in [1.82, 2.24) is 14.3 Å². The number of phenolic OH excluding ortho intramolecular Hbond substituents is 1. The number of alkyl halides is 2. The number of halogens is 2. The molecule has 6 nitrogen and oxygen atoms in total. The molecule has 1 N–H and O–H groups in total. The molecule has 0 aliphatic rings. The number of phenols is 1. The highest BCUT2D eigenvalue weighted by Crippen LogP contribution is 2.29. The Morgan fingerprint density at radius 3 is 2.50 bits per heavy atom. The van der Waals surface area contributed by atoms with Gasteiger partial charge < -0.3 is 9.67 Å². The summed E-state index contributed by atoms with van der Waals surface area (Å²) in [6.07, 6.45) is 2.19. The fourth-order valence-electron chi connectivity index (χ4n) is 2.75. The molecular weight excluding hydrogens is 342 g/mol. The maximum atomic E-state index is 13.2. The minimum absolute atomic E-state index is 0.0756. The first kappa shape index (κ1) is 17.7. The quantitative estimate of drug-likeness (QED) is 0.758. The van der Waals surface area contributed by atoms with Gasteiger partial charge in [-0.05, 0) is 37.3 Å². The Kier molecular flexibility index (Phi) is 4.75. The highest BCUT2D eigenvalue weighted by Gasteiger charge is 2.24. The van der Waals surface area contributed by atoms with Crippen molar-refractivity contribution in [1.29, 1.82) is 0 Å². The zero-order valence-corrected chi connectivity index (χ0v) is 14.3. The molecule has 3 rings (SSSR count). The average molecular weight is 360 g/mol. The van der Waals surface area contributed by atoms with Gasteiger partial charge in [0.2, 0.25) is 0 Å². The lowest BCUT2D eigenvalue weighted by atomic mass is 10.2. The normalized spacial score (nSPS) is 11.1. The van der Waals surface area contributed by atoms with Crippen LogP contribution in [0.25, 0.3) is 0 Å². The molecule has 0 saturated carbocycles. The van der Waals surface area contributed by atoms with Crippen molar-refractivity contribution in [2.75, 3.05) is 4.90 Å². The van der Waals surface area contributed by atoms with Crippen LogP contribution in [0, 0.1) is 6.92 Å². The Balaban J connectivity index is 2.03. The number of anilines is 2. The van der Waals surface area contributed by atoms with Crippen LogP contribution in [0.1, 0.15) is 16.1 Å². The first-order chi connectivity index (χ1) is 12.4. The summed E-state index contributed by atoms with van der Waals surface area (Å²) in [5.41, 5.74) is 1.84. The SMILES string of the molecule is Cc1c(C(=O)N(c2ccc(O)cc2)c2cnn(C)c2)ccn1CC(F)F. The second-order valence-corrected chi connectivity index (χ2v) is 5.89. The standard InChI is InChI=1S/C18H18F2N4O2/c1-12-16(7-8-23(12)11-17(19)20)18(26)24(14-9-21-22(2)10-14)13-3-5-15(25)6-4-13/h3-10,17,25H,11H2,1-2H3. The van der Waals surface area contributed by atoms with Crippen LogP contribution in [-0.2, 0) is 13.6 Å². The van der Waals surface area contributed by atoms with Gasteiger partial charge in [0.1, 0.15) is 5.75 Å². The second-order valence-electron chi connectivity index (χ2n) is 5.89. The number of nitrogens with zero attached hydrogens (tertiary/aromatic N) is 4. The van der Waals surface area contributed by atoms with Crippen LogP contribution in [0.15, 0.2) is 48.9 Å². The first-order valence-corrected chi connectivity index (χ1v) is 7.93. The molecular formula is C18H18F2N4O2. The number of aryl methyl sites for hydroxylation is 1. The summed E-state index contributed by atoms with van der Waals surface area (Å²) < 4.78 is 28.3. The number of aromatic hydroxyl groups is 1. The van der Waals surface area contributed by atoms with E-state index in [0.717, 1.165) is 0 Å². The van der Waals surface area contributed by atoms with Crippen molar-refractivity contribution in [3.63, 3.8) is 0 Å². The Hall–Kier alpha value is -3.16. The summed E-state index contributed by atoms with van der Waals surface area (Å²) in [6.45, 7) is 1.17. The molecule has 0 aliphatic carbocycles. The number of rotatable bonds is 5. The molecule has 0 aliphatic heterocycles. The number of hydrogen-bond acceptors (Lipinski definition) is 3. The van der Waals surface area contributed by atoms with E-state index in [0.29, 0.717) is 22.6 Å². The summed E-state index contributed by atoms with van der Waals surface area (Å²) in [5.74, 6) is -0.291. The second kappa shape index (κ2) is 6.99. The Morgan fingerprint density at radius 1 is 1.23 bits per heavy atom. The fraction of sp³-hybridized carbons (Fsp3) is 0.222. The van der Waals surface area contributed by atoms with E-state index < -0.39 is 13.0 Å². The number of hydrogen-bond donors (Lipinski definition) is 1. The van der Waals surface area contributed by atoms with Crippen LogP contribution in [0.5, 0.6) is 5.75 Å². The summed E-state index contributed by atoms with van der Waals surface area (Å²) in [5, 5.41) is 13.6. The van der Waals surface area contributed by atoms with Crippen LogP contribution >= 0.6 is 0 Å². The molecule has 2 aromatic heterocycles. The smallest absolute Gasteiger partial charge is 0.264 e. The predicted octanol–water partition coefficient (Wildman–Crippen LogP) is 3.48. The molecule has 0 saturated heterocycles.